The van der Waals surface area contributed by atoms with Crippen molar-refractivity contribution in [3.8, 4) is 0 Å². The molecule has 1 N–H and O–H groups in total. The zero-order valence-electron chi connectivity index (χ0n) is 26.5. The van der Waals surface area contributed by atoms with E-state index in [0.29, 0.717) is 24.4 Å². The summed E-state index contributed by atoms with van der Waals surface area (Å²) in [5, 5.41) is 7.89. The van der Waals surface area contributed by atoms with Gasteiger partial charge in [-0.25, -0.2) is 14.4 Å². The molecular weight excluding hydrogens is 544 g/mol. The van der Waals surface area contributed by atoms with Crippen molar-refractivity contribution in [3.63, 3.8) is 0 Å². The third-order valence-corrected chi connectivity index (χ3v) is 4.86. The fourth-order valence-electron chi connectivity index (χ4n) is 2.52. The van der Waals surface area contributed by atoms with Crippen LogP contribution in [0.3, 0.4) is 0 Å². The summed E-state index contributed by atoms with van der Waals surface area (Å²) in [7, 11) is 0. The number of ether oxygens (including phenoxy) is 6. The molecule has 42 heavy (non-hydrogen) atoms. The van der Waals surface area contributed by atoms with Gasteiger partial charge in [-0.05, 0) is 73.1 Å². The van der Waals surface area contributed by atoms with Crippen LogP contribution in [0.15, 0.2) is 62.1 Å². The van der Waals surface area contributed by atoms with Crippen LogP contribution in [0.1, 0.15) is 86.0 Å². The Morgan fingerprint density at radius 2 is 0.881 bits per heavy atom. The normalized spacial score (nSPS) is 11.1. The molecule has 0 rings (SSSR count). The average Bonchev–Trinajstić information content (AvgIpc) is 2.92. The van der Waals surface area contributed by atoms with Gasteiger partial charge in [-0.15, -0.1) is 0 Å². The highest BCUT2D eigenvalue weighted by molar-refractivity contribution is 5.87. The minimum Gasteiger partial charge on any atom is -0.502 e. The lowest BCUT2D eigenvalue weighted by Crippen LogP contribution is -2.19. The second-order valence-electron chi connectivity index (χ2n) is 9.24. The Kier molecular flexibility index (Phi) is 31.4. The van der Waals surface area contributed by atoms with Gasteiger partial charge in [0.25, 0.3) is 0 Å². The van der Waals surface area contributed by atoms with Crippen LogP contribution in [0.25, 0.3) is 0 Å². The summed E-state index contributed by atoms with van der Waals surface area (Å²) in [6, 6.07) is 0. The van der Waals surface area contributed by atoms with Crippen LogP contribution in [0.4, 0.5) is 0 Å². The second-order valence-corrected chi connectivity index (χ2v) is 9.24. The number of unbranched alkanes of at least 4 members (excludes halogenated alkanes) is 6. The molecule has 0 aliphatic heterocycles. The van der Waals surface area contributed by atoms with Crippen molar-refractivity contribution in [2.45, 2.75) is 98.6 Å². The zero-order valence-corrected chi connectivity index (χ0v) is 26.5. The van der Waals surface area contributed by atoms with Gasteiger partial charge in [0.05, 0.1) is 39.0 Å². The molecule has 10 nitrogen and oxygen atoms in total. The van der Waals surface area contributed by atoms with Crippen LogP contribution in [-0.4, -0.2) is 62.0 Å². The van der Waals surface area contributed by atoms with E-state index >= 15 is 0 Å². The molecule has 0 aromatic rings. The largest absolute Gasteiger partial charge is 0.502 e. The maximum Gasteiger partial charge on any atom is 0.335 e. The molecule has 0 aromatic heterocycles. The SMILES string of the molecule is C=C(C)C(=O)O.C=C(C)C(=O)OC(C)OCCCCCCOC(C)OC(=O)C(=C)C.C=COCCCCCCOC=C. The molecular formula is C32H54O10. The minimum atomic E-state index is -0.935. The molecule has 242 valence electrons. The number of rotatable bonds is 23. The molecule has 2 unspecified atom stereocenters. The third-order valence-electron chi connectivity index (χ3n) is 4.86. The zero-order chi connectivity index (χ0) is 32.8. The van der Waals surface area contributed by atoms with Crippen LogP contribution < -0.4 is 0 Å². The van der Waals surface area contributed by atoms with Gasteiger partial charge in [0, 0.05) is 16.7 Å². The molecule has 0 heterocycles. The van der Waals surface area contributed by atoms with Gasteiger partial charge < -0.3 is 33.5 Å². The van der Waals surface area contributed by atoms with E-state index in [1.54, 1.807) is 27.7 Å². The molecule has 0 amide bonds. The number of esters is 2. The van der Waals surface area contributed by atoms with Gasteiger partial charge in [0.15, 0.2) is 12.6 Å². The molecule has 0 saturated heterocycles. The van der Waals surface area contributed by atoms with E-state index in [0.717, 1.165) is 51.7 Å². The van der Waals surface area contributed by atoms with Gasteiger partial charge in [0.2, 0.25) is 0 Å². The van der Waals surface area contributed by atoms with Crippen molar-refractivity contribution in [1.82, 2.24) is 0 Å². The molecule has 0 bridgehead atoms. The van der Waals surface area contributed by atoms with Gasteiger partial charge in [-0.2, -0.15) is 0 Å². The summed E-state index contributed by atoms with van der Waals surface area (Å²) in [6.45, 7) is 27.7. The van der Waals surface area contributed by atoms with Crippen LogP contribution in [-0.2, 0) is 42.8 Å². The predicted octanol–water partition coefficient (Wildman–Crippen LogP) is 7.02. The number of carbonyl (C=O) groups excluding carboxylic acids is 2. The van der Waals surface area contributed by atoms with Crippen LogP contribution >= 0.6 is 0 Å². The summed E-state index contributed by atoms with van der Waals surface area (Å²) in [4.78, 5) is 32.1. The number of carboxylic acids is 1. The average molecular weight is 599 g/mol. The number of hydrogen-bond donors (Lipinski definition) is 1. The topological polar surface area (TPSA) is 127 Å². The van der Waals surface area contributed by atoms with Crippen molar-refractivity contribution < 1.29 is 47.9 Å². The molecule has 0 fully saturated rings. The number of carboxylic acid groups (broad SMARTS) is 1. The second kappa shape index (κ2) is 30.6. The Hall–Kier alpha value is -3.37. The molecule has 0 spiro atoms. The van der Waals surface area contributed by atoms with Crippen LogP contribution in [0.2, 0.25) is 0 Å². The monoisotopic (exact) mass is 598 g/mol. The molecule has 2 atom stereocenters. The first-order chi connectivity index (χ1) is 19.8. The van der Waals surface area contributed by atoms with Crippen molar-refractivity contribution in [2.75, 3.05) is 26.4 Å². The maximum atomic E-state index is 11.3. The van der Waals surface area contributed by atoms with Crippen molar-refractivity contribution in [1.29, 1.82) is 0 Å². The highest BCUT2D eigenvalue weighted by Crippen LogP contribution is 2.06. The van der Waals surface area contributed by atoms with E-state index < -0.39 is 30.5 Å². The van der Waals surface area contributed by atoms with E-state index in [-0.39, 0.29) is 5.57 Å². The first-order valence-electron chi connectivity index (χ1n) is 14.1. The van der Waals surface area contributed by atoms with Gasteiger partial charge in [0.1, 0.15) is 0 Å². The van der Waals surface area contributed by atoms with Crippen LogP contribution in [0, 0.1) is 0 Å². The van der Waals surface area contributed by atoms with Gasteiger partial charge in [-0.1, -0.05) is 45.7 Å². The Bertz CT molecular complexity index is 737. The van der Waals surface area contributed by atoms with Gasteiger partial charge >= 0.3 is 17.9 Å². The summed E-state index contributed by atoms with van der Waals surface area (Å²) in [5.41, 5.74) is 0.886. The minimum absolute atomic E-state index is 0.176. The Labute approximate surface area is 253 Å². The fraction of sp³-hybridized carbons (Fsp3) is 0.594. The Morgan fingerprint density at radius 3 is 1.12 bits per heavy atom. The molecule has 0 radical (unpaired) electrons. The molecule has 0 aliphatic carbocycles. The quantitative estimate of drug-likeness (QED) is 0.0431. The van der Waals surface area contributed by atoms with Crippen molar-refractivity contribution >= 4 is 17.9 Å². The predicted molar refractivity (Wildman–Crippen MR) is 164 cm³/mol. The van der Waals surface area contributed by atoms with E-state index in [4.69, 9.17) is 33.5 Å². The number of hydrogen-bond acceptors (Lipinski definition) is 9. The Balaban J connectivity index is -0.000000695. The summed E-state index contributed by atoms with van der Waals surface area (Å²) in [5.74, 6) is -1.82. The molecule has 0 saturated carbocycles. The highest BCUT2D eigenvalue weighted by atomic mass is 16.7. The van der Waals surface area contributed by atoms with Crippen molar-refractivity contribution in [2.24, 2.45) is 0 Å². The third kappa shape index (κ3) is 34.7. The smallest absolute Gasteiger partial charge is 0.335 e. The highest BCUT2D eigenvalue weighted by Gasteiger charge is 2.10. The van der Waals surface area contributed by atoms with E-state index in [1.807, 2.05) is 0 Å². The number of aliphatic carboxylic acids is 1. The lowest BCUT2D eigenvalue weighted by molar-refractivity contribution is -0.171. The van der Waals surface area contributed by atoms with Gasteiger partial charge in [-0.3, -0.25) is 0 Å². The Morgan fingerprint density at radius 1 is 0.595 bits per heavy atom. The molecule has 0 aliphatic rings. The van der Waals surface area contributed by atoms with Crippen LogP contribution in [0.5, 0.6) is 0 Å². The number of carbonyl (C=O) groups is 3. The fourth-order valence-corrected chi connectivity index (χ4v) is 2.52. The van der Waals surface area contributed by atoms with E-state index in [9.17, 15) is 14.4 Å². The molecule has 10 heteroatoms. The van der Waals surface area contributed by atoms with E-state index in [1.165, 1.54) is 32.3 Å². The summed E-state index contributed by atoms with van der Waals surface area (Å²) < 4.78 is 30.7. The first kappa shape index (κ1) is 43.1. The maximum absolute atomic E-state index is 11.3. The lowest BCUT2D eigenvalue weighted by Gasteiger charge is -2.14. The molecule has 0 aromatic carbocycles. The first-order valence-corrected chi connectivity index (χ1v) is 14.1. The lowest BCUT2D eigenvalue weighted by atomic mass is 10.2. The van der Waals surface area contributed by atoms with Crippen molar-refractivity contribution in [3.05, 3.63) is 62.1 Å². The van der Waals surface area contributed by atoms with E-state index in [2.05, 4.69) is 32.9 Å². The summed E-state index contributed by atoms with van der Waals surface area (Å²) in [6.07, 6.45) is 10.1. The summed E-state index contributed by atoms with van der Waals surface area (Å²) >= 11 is 0. The standard InChI is InChI=1S/C18H30O6.C10H18O2.C4H6O2/c1-13(2)17(19)23-15(5)21-11-9-7-8-10-12-22-16(6)24-18(20)14(3)4;1-3-11-9-7-5-6-8-10-12-4-2;1-3(2)4(5)6/h15-16H,1,3,7-12H2,2,4-6H3;3-4H,1-2,5-10H2;1H2,2H3,(H,5,6).